The lowest BCUT2D eigenvalue weighted by atomic mass is 10.1. The summed E-state index contributed by atoms with van der Waals surface area (Å²) in [6.45, 7) is 0.427. The molecule has 0 saturated heterocycles. The molecule has 0 aliphatic carbocycles. The SMILES string of the molecule is NCCc1cc(O)c(O)cc1SCCC(=O)O. The Labute approximate surface area is 103 Å². The summed E-state index contributed by atoms with van der Waals surface area (Å²) in [4.78, 5) is 11.2. The van der Waals surface area contributed by atoms with Crippen LogP contribution in [0, 0.1) is 0 Å². The Balaban J connectivity index is 2.80. The van der Waals surface area contributed by atoms with E-state index in [-0.39, 0.29) is 17.9 Å². The average molecular weight is 257 g/mol. The molecule has 1 aromatic rings. The van der Waals surface area contributed by atoms with E-state index >= 15 is 0 Å². The minimum atomic E-state index is -0.860. The van der Waals surface area contributed by atoms with Crippen LogP contribution >= 0.6 is 11.8 Å². The molecular formula is C11H15NO4S. The monoisotopic (exact) mass is 257 g/mol. The van der Waals surface area contributed by atoms with Crippen molar-refractivity contribution in [3.8, 4) is 11.5 Å². The Morgan fingerprint density at radius 2 is 1.94 bits per heavy atom. The van der Waals surface area contributed by atoms with Gasteiger partial charge in [0, 0.05) is 10.6 Å². The lowest BCUT2D eigenvalue weighted by Gasteiger charge is -2.09. The van der Waals surface area contributed by atoms with Crippen LogP contribution in [0.1, 0.15) is 12.0 Å². The first-order valence-corrected chi connectivity index (χ1v) is 6.12. The molecule has 0 unspecified atom stereocenters. The van der Waals surface area contributed by atoms with Crippen molar-refractivity contribution in [2.75, 3.05) is 12.3 Å². The molecule has 0 heterocycles. The van der Waals surface area contributed by atoms with E-state index in [9.17, 15) is 15.0 Å². The van der Waals surface area contributed by atoms with E-state index in [0.29, 0.717) is 18.7 Å². The van der Waals surface area contributed by atoms with Gasteiger partial charge in [-0.1, -0.05) is 0 Å². The van der Waals surface area contributed by atoms with Crippen LogP contribution in [0.5, 0.6) is 11.5 Å². The van der Waals surface area contributed by atoms with Crippen molar-refractivity contribution in [1.82, 2.24) is 0 Å². The highest BCUT2D eigenvalue weighted by molar-refractivity contribution is 7.99. The standard InChI is InChI=1S/C11H15NO4S/c12-3-1-7-5-8(13)9(14)6-10(7)17-4-2-11(15)16/h5-6,13-14H,1-4,12H2,(H,15,16). The lowest BCUT2D eigenvalue weighted by molar-refractivity contribution is -0.136. The number of carboxylic acid groups (broad SMARTS) is 1. The largest absolute Gasteiger partial charge is 0.504 e. The molecule has 5 nitrogen and oxygen atoms in total. The van der Waals surface area contributed by atoms with E-state index in [1.165, 1.54) is 23.9 Å². The zero-order valence-corrected chi connectivity index (χ0v) is 10.0. The van der Waals surface area contributed by atoms with Gasteiger partial charge in [-0.15, -0.1) is 11.8 Å². The molecule has 17 heavy (non-hydrogen) atoms. The number of phenols is 2. The summed E-state index contributed by atoms with van der Waals surface area (Å²) in [5.41, 5.74) is 6.26. The fourth-order valence-electron chi connectivity index (χ4n) is 1.33. The van der Waals surface area contributed by atoms with Crippen molar-refractivity contribution in [1.29, 1.82) is 0 Å². The number of phenolic OH excluding ortho intramolecular Hbond substituents is 2. The van der Waals surface area contributed by atoms with Crippen molar-refractivity contribution in [3.63, 3.8) is 0 Å². The number of aromatic hydroxyl groups is 2. The number of thioether (sulfide) groups is 1. The summed E-state index contributed by atoms with van der Waals surface area (Å²) < 4.78 is 0. The highest BCUT2D eigenvalue weighted by Gasteiger charge is 2.09. The second-order valence-corrected chi connectivity index (χ2v) is 4.62. The number of hydrogen-bond donors (Lipinski definition) is 4. The molecule has 0 radical (unpaired) electrons. The van der Waals surface area contributed by atoms with Crippen LogP contribution in [-0.2, 0) is 11.2 Å². The maximum atomic E-state index is 10.4. The first-order valence-electron chi connectivity index (χ1n) is 5.14. The molecule has 0 aromatic heterocycles. The van der Waals surface area contributed by atoms with Gasteiger partial charge in [-0.05, 0) is 30.7 Å². The molecule has 5 N–H and O–H groups in total. The third-order valence-electron chi connectivity index (χ3n) is 2.14. The minimum Gasteiger partial charge on any atom is -0.504 e. The van der Waals surface area contributed by atoms with Crippen LogP contribution in [0.3, 0.4) is 0 Å². The Morgan fingerprint density at radius 1 is 1.29 bits per heavy atom. The third kappa shape index (κ3) is 4.16. The molecule has 0 saturated carbocycles. The normalized spacial score (nSPS) is 10.4. The average Bonchev–Trinajstić information content (AvgIpc) is 2.24. The summed E-state index contributed by atoms with van der Waals surface area (Å²) in [5, 5.41) is 27.3. The summed E-state index contributed by atoms with van der Waals surface area (Å²) in [7, 11) is 0. The first kappa shape index (κ1) is 13.7. The smallest absolute Gasteiger partial charge is 0.304 e. The molecule has 0 bridgehead atoms. The molecule has 1 rings (SSSR count). The van der Waals surface area contributed by atoms with E-state index in [2.05, 4.69) is 0 Å². The van der Waals surface area contributed by atoms with E-state index in [1.54, 1.807) is 0 Å². The number of hydrogen-bond acceptors (Lipinski definition) is 5. The Hall–Kier alpha value is -1.40. The summed E-state index contributed by atoms with van der Waals surface area (Å²) in [6.07, 6.45) is 0.623. The van der Waals surface area contributed by atoms with Crippen LogP contribution in [0.15, 0.2) is 17.0 Å². The van der Waals surface area contributed by atoms with Gasteiger partial charge >= 0.3 is 5.97 Å². The number of carboxylic acids is 1. The van der Waals surface area contributed by atoms with Gasteiger partial charge in [-0.3, -0.25) is 4.79 Å². The van der Waals surface area contributed by atoms with Crippen molar-refractivity contribution >= 4 is 17.7 Å². The zero-order valence-electron chi connectivity index (χ0n) is 9.22. The van der Waals surface area contributed by atoms with E-state index in [0.717, 1.165) is 10.5 Å². The molecule has 0 atom stereocenters. The lowest BCUT2D eigenvalue weighted by Crippen LogP contribution is -2.04. The quantitative estimate of drug-likeness (QED) is 0.450. The van der Waals surface area contributed by atoms with Crippen molar-refractivity contribution in [2.45, 2.75) is 17.7 Å². The molecule has 0 amide bonds. The Bertz CT molecular complexity index is 409. The van der Waals surface area contributed by atoms with Crippen LogP contribution in [-0.4, -0.2) is 33.6 Å². The van der Waals surface area contributed by atoms with Crippen LogP contribution < -0.4 is 5.73 Å². The summed E-state index contributed by atoms with van der Waals surface area (Å²) in [6, 6.07) is 2.90. The molecular weight excluding hydrogens is 242 g/mol. The predicted molar refractivity (Wildman–Crippen MR) is 65.5 cm³/mol. The van der Waals surface area contributed by atoms with Gasteiger partial charge in [0.05, 0.1) is 6.42 Å². The van der Waals surface area contributed by atoms with Crippen LogP contribution in [0.2, 0.25) is 0 Å². The fraction of sp³-hybridized carbons (Fsp3) is 0.364. The fourth-order valence-corrected chi connectivity index (χ4v) is 2.37. The van der Waals surface area contributed by atoms with Crippen molar-refractivity contribution in [3.05, 3.63) is 17.7 Å². The van der Waals surface area contributed by atoms with Gasteiger partial charge in [0.1, 0.15) is 0 Å². The van der Waals surface area contributed by atoms with Crippen LogP contribution in [0.4, 0.5) is 0 Å². The van der Waals surface area contributed by atoms with Gasteiger partial charge in [0.15, 0.2) is 11.5 Å². The number of aliphatic carboxylic acids is 1. The minimum absolute atomic E-state index is 0.0500. The second-order valence-electron chi connectivity index (χ2n) is 3.48. The maximum absolute atomic E-state index is 10.4. The molecule has 0 aliphatic heterocycles. The van der Waals surface area contributed by atoms with Crippen molar-refractivity contribution in [2.24, 2.45) is 5.73 Å². The molecule has 1 aromatic carbocycles. The predicted octanol–water partition coefficient (Wildman–Crippen LogP) is 1.17. The molecule has 0 spiro atoms. The van der Waals surface area contributed by atoms with E-state index in [1.807, 2.05) is 0 Å². The highest BCUT2D eigenvalue weighted by Crippen LogP contribution is 2.34. The molecule has 0 fully saturated rings. The summed E-state index contributed by atoms with van der Waals surface area (Å²) in [5.74, 6) is -0.836. The number of rotatable bonds is 6. The van der Waals surface area contributed by atoms with E-state index < -0.39 is 5.97 Å². The summed E-state index contributed by atoms with van der Waals surface area (Å²) >= 11 is 1.33. The Morgan fingerprint density at radius 3 is 2.53 bits per heavy atom. The topological polar surface area (TPSA) is 104 Å². The number of nitrogens with two attached hydrogens (primary N) is 1. The van der Waals surface area contributed by atoms with Crippen molar-refractivity contribution < 1.29 is 20.1 Å². The van der Waals surface area contributed by atoms with Gasteiger partial charge < -0.3 is 21.1 Å². The second kappa shape index (κ2) is 6.36. The third-order valence-corrected chi connectivity index (χ3v) is 3.24. The van der Waals surface area contributed by atoms with Crippen LogP contribution in [0.25, 0.3) is 0 Å². The molecule has 6 heteroatoms. The first-order chi connectivity index (χ1) is 8.04. The van der Waals surface area contributed by atoms with Gasteiger partial charge in [-0.25, -0.2) is 0 Å². The zero-order chi connectivity index (χ0) is 12.8. The highest BCUT2D eigenvalue weighted by atomic mass is 32.2. The van der Waals surface area contributed by atoms with Gasteiger partial charge in [0.2, 0.25) is 0 Å². The molecule has 94 valence electrons. The number of carbonyl (C=O) groups is 1. The Kier molecular flexibility index (Phi) is 5.11. The van der Waals surface area contributed by atoms with Gasteiger partial charge in [0.25, 0.3) is 0 Å². The maximum Gasteiger partial charge on any atom is 0.304 e. The van der Waals surface area contributed by atoms with Gasteiger partial charge in [-0.2, -0.15) is 0 Å². The number of benzene rings is 1. The molecule has 0 aliphatic rings. The van der Waals surface area contributed by atoms with E-state index in [4.69, 9.17) is 10.8 Å².